The van der Waals surface area contributed by atoms with Gasteiger partial charge in [-0.2, -0.15) is 17.6 Å². The van der Waals surface area contributed by atoms with Crippen LogP contribution in [0.2, 0.25) is 0 Å². The molecule has 0 bridgehead atoms. The van der Waals surface area contributed by atoms with Crippen LogP contribution in [-0.4, -0.2) is 37.1 Å². The average molecular weight is 396 g/mol. The number of rotatable bonds is 4. The highest BCUT2D eigenvalue weighted by atomic mass is 19.4. The van der Waals surface area contributed by atoms with E-state index in [4.69, 9.17) is 9.47 Å². The molecule has 1 aromatic carbocycles. The lowest BCUT2D eigenvalue weighted by Crippen LogP contribution is -2.47. The summed E-state index contributed by atoms with van der Waals surface area (Å²) < 4.78 is 84.0. The molecule has 1 fully saturated rings. The number of alkyl halides is 3. The van der Waals surface area contributed by atoms with Crippen LogP contribution in [0.5, 0.6) is 5.75 Å². The molecule has 1 aliphatic heterocycles. The predicted octanol–water partition coefficient (Wildman–Crippen LogP) is 4.36. The average Bonchev–Trinajstić information content (AvgIpc) is 2.84. The number of methoxy groups -OCH3 is 1. The number of carbonyl (C=O) groups is 1. The van der Waals surface area contributed by atoms with E-state index in [0.717, 1.165) is 26.2 Å². The summed E-state index contributed by atoms with van der Waals surface area (Å²) in [7, 11) is 1.01. The van der Waals surface area contributed by atoms with Crippen LogP contribution in [0, 0.1) is 17.6 Å². The van der Waals surface area contributed by atoms with Crippen molar-refractivity contribution in [2.24, 2.45) is 5.92 Å². The predicted molar refractivity (Wildman–Crippen MR) is 85.4 cm³/mol. The van der Waals surface area contributed by atoms with Crippen molar-refractivity contribution in [2.45, 2.75) is 57.6 Å². The summed E-state index contributed by atoms with van der Waals surface area (Å²) >= 11 is 0. The number of esters is 1. The molecular formula is C18H21F5O4. The summed E-state index contributed by atoms with van der Waals surface area (Å²) in [6, 6.07) is 1.89. The van der Waals surface area contributed by atoms with Gasteiger partial charge >= 0.3 is 12.1 Å². The molecule has 1 aromatic rings. The first-order valence-corrected chi connectivity index (χ1v) is 8.32. The largest absolute Gasteiger partial charge is 0.488 e. The van der Waals surface area contributed by atoms with E-state index in [0.29, 0.717) is 0 Å². The molecule has 2 rings (SSSR count). The van der Waals surface area contributed by atoms with Gasteiger partial charge in [-0.05, 0) is 26.8 Å². The van der Waals surface area contributed by atoms with E-state index < -0.39 is 59.2 Å². The van der Waals surface area contributed by atoms with Crippen molar-refractivity contribution in [2.75, 3.05) is 7.11 Å². The van der Waals surface area contributed by atoms with Crippen molar-refractivity contribution in [3.63, 3.8) is 0 Å². The van der Waals surface area contributed by atoms with Gasteiger partial charge in [-0.15, -0.1) is 0 Å². The number of ether oxygens (including phenoxy) is 3. The van der Waals surface area contributed by atoms with Crippen LogP contribution in [0.25, 0.3) is 0 Å². The molecule has 1 aliphatic rings. The third-order valence-corrected chi connectivity index (χ3v) is 4.90. The summed E-state index contributed by atoms with van der Waals surface area (Å²) in [4.78, 5) is 12.1. The minimum absolute atomic E-state index is 0.0847. The molecule has 4 unspecified atom stereocenters. The molecule has 0 spiro atoms. The van der Waals surface area contributed by atoms with Gasteiger partial charge in [-0.25, -0.2) is 9.18 Å². The van der Waals surface area contributed by atoms with Crippen molar-refractivity contribution in [1.82, 2.24) is 0 Å². The third kappa shape index (κ3) is 3.61. The van der Waals surface area contributed by atoms with E-state index in [9.17, 15) is 26.7 Å². The van der Waals surface area contributed by atoms with Crippen LogP contribution < -0.4 is 4.74 Å². The van der Waals surface area contributed by atoms with E-state index in [1.54, 1.807) is 13.8 Å². The molecule has 0 N–H and O–H groups in total. The van der Waals surface area contributed by atoms with Crippen molar-refractivity contribution < 1.29 is 41.0 Å². The van der Waals surface area contributed by atoms with Gasteiger partial charge in [-0.1, -0.05) is 13.0 Å². The van der Waals surface area contributed by atoms with E-state index >= 15 is 0 Å². The number of benzene rings is 1. The summed E-state index contributed by atoms with van der Waals surface area (Å²) in [6.07, 6.45) is -7.04. The zero-order valence-corrected chi connectivity index (χ0v) is 15.5. The van der Waals surface area contributed by atoms with Crippen molar-refractivity contribution in [3.05, 3.63) is 29.3 Å². The molecule has 1 saturated heterocycles. The third-order valence-electron chi connectivity index (χ3n) is 4.90. The van der Waals surface area contributed by atoms with Crippen LogP contribution in [-0.2, 0) is 14.3 Å². The van der Waals surface area contributed by atoms with Crippen molar-refractivity contribution in [3.8, 4) is 5.75 Å². The van der Waals surface area contributed by atoms with Gasteiger partial charge in [-0.3, -0.25) is 0 Å². The van der Waals surface area contributed by atoms with Gasteiger partial charge in [0.1, 0.15) is 0 Å². The fourth-order valence-electron chi connectivity index (χ4n) is 3.28. The lowest BCUT2D eigenvalue weighted by atomic mass is 9.77. The maximum absolute atomic E-state index is 14.4. The zero-order chi connectivity index (χ0) is 20.7. The number of hydrogen-bond donors (Lipinski definition) is 0. The van der Waals surface area contributed by atoms with Crippen LogP contribution in [0.4, 0.5) is 22.0 Å². The van der Waals surface area contributed by atoms with Gasteiger partial charge in [0, 0.05) is 17.4 Å². The Morgan fingerprint density at radius 2 is 1.85 bits per heavy atom. The summed E-state index contributed by atoms with van der Waals surface area (Å²) in [5, 5.41) is 0. The molecule has 4 nitrogen and oxygen atoms in total. The smallest absolute Gasteiger partial charge is 0.417 e. The van der Waals surface area contributed by atoms with Crippen LogP contribution in [0.15, 0.2) is 12.1 Å². The van der Waals surface area contributed by atoms with E-state index in [1.165, 1.54) is 6.92 Å². The molecule has 0 aromatic heterocycles. The highest BCUT2D eigenvalue weighted by molar-refractivity contribution is 5.77. The molecule has 152 valence electrons. The number of carbonyl (C=O) groups excluding carboxylic acids is 1. The first kappa shape index (κ1) is 21.4. The van der Waals surface area contributed by atoms with Gasteiger partial charge in [0.2, 0.25) is 5.82 Å². The minimum atomic E-state index is -4.80. The van der Waals surface area contributed by atoms with Crippen molar-refractivity contribution >= 4 is 5.97 Å². The summed E-state index contributed by atoms with van der Waals surface area (Å²) in [5.74, 6) is -6.69. The van der Waals surface area contributed by atoms with E-state index in [-0.39, 0.29) is 5.56 Å². The van der Waals surface area contributed by atoms with Crippen LogP contribution >= 0.6 is 0 Å². The Kier molecular flexibility index (Phi) is 5.75. The highest BCUT2D eigenvalue weighted by Gasteiger charge is 2.66. The SMILES string of the molecule is COC(=O)C1OC(C)(C(F)(F)F)C(C)C1c1ccc(F)c(F)c1OC(C)C. The Morgan fingerprint density at radius 1 is 1.26 bits per heavy atom. The molecule has 27 heavy (non-hydrogen) atoms. The topological polar surface area (TPSA) is 44.8 Å². The molecule has 0 amide bonds. The van der Waals surface area contributed by atoms with Crippen molar-refractivity contribution in [1.29, 1.82) is 0 Å². The molecule has 0 saturated carbocycles. The lowest BCUT2D eigenvalue weighted by Gasteiger charge is -2.32. The Balaban J connectivity index is 2.67. The summed E-state index contributed by atoms with van der Waals surface area (Å²) in [6.45, 7) is 5.17. The second-order valence-corrected chi connectivity index (χ2v) is 6.93. The second-order valence-electron chi connectivity index (χ2n) is 6.93. The molecule has 0 aliphatic carbocycles. The van der Waals surface area contributed by atoms with E-state index in [2.05, 4.69) is 4.74 Å². The van der Waals surface area contributed by atoms with Gasteiger partial charge in [0.05, 0.1) is 13.2 Å². The Morgan fingerprint density at radius 3 is 2.33 bits per heavy atom. The quantitative estimate of drug-likeness (QED) is 0.560. The highest BCUT2D eigenvalue weighted by Crippen LogP contribution is 2.55. The monoisotopic (exact) mass is 396 g/mol. The fourth-order valence-corrected chi connectivity index (χ4v) is 3.28. The maximum Gasteiger partial charge on any atom is 0.417 e. The zero-order valence-electron chi connectivity index (χ0n) is 15.5. The maximum atomic E-state index is 14.4. The number of halogens is 5. The Labute approximate surface area is 153 Å². The van der Waals surface area contributed by atoms with Crippen LogP contribution in [0.3, 0.4) is 0 Å². The van der Waals surface area contributed by atoms with Gasteiger partial charge in [0.25, 0.3) is 0 Å². The molecule has 4 atom stereocenters. The van der Waals surface area contributed by atoms with Gasteiger partial charge in [0.15, 0.2) is 23.3 Å². The van der Waals surface area contributed by atoms with Gasteiger partial charge < -0.3 is 14.2 Å². The molecule has 1 heterocycles. The Hall–Kier alpha value is -1.90. The fraction of sp³-hybridized carbons (Fsp3) is 0.611. The van der Waals surface area contributed by atoms with Crippen LogP contribution in [0.1, 0.15) is 39.2 Å². The first-order valence-electron chi connectivity index (χ1n) is 8.32. The lowest BCUT2D eigenvalue weighted by molar-refractivity contribution is -0.274. The first-order chi connectivity index (χ1) is 12.3. The standard InChI is InChI=1S/C18H21F5O4/c1-8(2)26-14-10(6-7-11(19)13(14)20)12-9(3)17(4,18(21,22)23)27-15(12)16(24)25-5/h6-9,12,15H,1-5H3. The molecule has 0 radical (unpaired) electrons. The summed E-state index contributed by atoms with van der Waals surface area (Å²) in [5.41, 5.74) is -2.77. The molecule has 9 heteroatoms. The van der Waals surface area contributed by atoms with E-state index in [1.807, 2.05) is 0 Å². The number of hydrogen-bond acceptors (Lipinski definition) is 4. The Bertz CT molecular complexity index is 718. The minimum Gasteiger partial charge on any atom is -0.488 e. The second kappa shape index (κ2) is 7.26. The normalized spacial score (nSPS) is 28.5. The molecular weight excluding hydrogens is 375 g/mol.